The van der Waals surface area contributed by atoms with E-state index in [0.29, 0.717) is 18.5 Å². The molecule has 3 atom stereocenters. The third-order valence-electron chi connectivity index (χ3n) is 5.80. The van der Waals surface area contributed by atoms with Gasteiger partial charge in [-0.3, -0.25) is 4.79 Å². The van der Waals surface area contributed by atoms with E-state index in [4.69, 9.17) is 4.74 Å². The summed E-state index contributed by atoms with van der Waals surface area (Å²) in [6.07, 6.45) is -0.893. The van der Waals surface area contributed by atoms with Crippen molar-refractivity contribution < 1.29 is 22.7 Å². The van der Waals surface area contributed by atoms with Crippen LogP contribution in [0.15, 0.2) is 48.8 Å². The molecule has 4 rings (SSSR count). The molecule has 1 saturated heterocycles. The molecule has 5 nitrogen and oxygen atoms in total. The van der Waals surface area contributed by atoms with Crippen molar-refractivity contribution >= 4 is 16.8 Å². The van der Waals surface area contributed by atoms with Crippen molar-refractivity contribution in [3.63, 3.8) is 0 Å². The Morgan fingerprint density at radius 1 is 1.29 bits per heavy atom. The molecule has 8 heteroatoms. The Kier molecular flexibility index (Phi) is 5.64. The molecule has 0 saturated carbocycles. The van der Waals surface area contributed by atoms with E-state index in [1.807, 2.05) is 30.0 Å². The summed E-state index contributed by atoms with van der Waals surface area (Å²) in [6, 6.07) is 9.53. The Labute approximate surface area is 178 Å². The van der Waals surface area contributed by atoms with Gasteiger partial charge in [0.05, 0.1) is 22.7 Å². The Balaban J connectivity index is 1.57. The van der Waals surface area contributed by atoms with Crippen LogP contribution >= 0.6 is 0 Å². The highest BCUT2D eigenvalue weighted by Gasteiger charge is 2.39. The fourth-order valence-corrected chi connectivity index (χ4v) is 4.30. The van der Waals surface area contributed by atoms with Gasteiger partial charge in [0.2, 0.25) is 5.88 Å². The molecule has 0 aliphatic carbocycles. The largest absolute Gasteiger partial charge is 0.472 e. The normalized spacial score (nSPS) is 20.2. The second-order valence-corrected chi connectivity index (χ2v) is 8.06. The van der Waals surface area contributed by atoms with Crippen molar-refractivity contribution in [3.05, 3.63) is 59.9 Å². The number of aromatic amines is 1. The zero-order valence-electron chi connectivity index (χ0n) is 17.3. The quantitative estimate of drug-likeness (QED) is 0.597. The number of hydrogen-bond donors (Lipinski definition) is 1. The topological polar surface area (TPSA) is 58.2 Å². The van der Waals surface area contributed by atoms with Crippen LogP contribution in [-0.4, -0.2) is 39.5 Å². The van der Waals surface area contributed by atoms with Crippen LogP contribution in [0.5, 0.6) is 5.88 Å². The third kappa shape index (κ3) is 4.24. The van der Waals surface area contributed by atoms with Crippen molar-refractivity contribution in [2.24, 2.45) is 5.92 Å². The number of pyridine rings is 1. The van der Waals surface area contributed by atoms with Gasteiger partial charge in [0.1, 0.15) is 6.10 Å². The van der Waals surface area contributed by atoms with Crippen LogP contribution in [0, 0.1) is 5.92 Å². The maximum Gasteiger partial charge on any atom is 0.417 e. The lowest BCUT2D eigenvalue weighted by Crippen LogP contribution is -2.45. The molecule has 31 heavy (non-hydrogen) atoms. The molecule has 0 radical (unpaired) electrons. The lowest BCUT2D eigenvalue weighted by Gasteiger charge is -2.31. The van der Waals surface area contributed by atoms with Gasteiger partial charge < -0.3 is 14.6 Å². The summed E-state index contributed by atoms with van der Waals surface area (Å²) in [6.45, 7) is 4.62. The Hall–Kier alpha value is -3.03. The van der Waals surface area contributed by atoms with Gasteiger partial charge in [0.25, 0.3) is 5.91 Å². The molecule has 1 amide bonds. The van der Waals surface area contributed by atoms with E-state index in [1.165, 1.54) is 6.07 Å². The summed E-state index contributed by atoms with van der Waals surface area (Å²) in [7, 11) is 0. The van der Waals surface area contributed by atoms with Crippen LogP contribution in [0.4, 0.5) is 13.2 Å². The first-order chi connectivity index (χ1) is 14.8. The van der Waals surface area contributed by atoms with Crippen molar-refractivity contribution in [1.82, 2.24) is 14.9 Å². The summed E-state index contributed by atoms with van der Waals surface area (Å²) in [5.41, 5.74) is 0.575. The average molecular weight is 431 g/mol. The minimum atomic E-state index is -4.45. The van der Waals surface area contributed by atoms with Gasteiger partial charge in [0, 0.05) is 30.4 Å². The number of alkyl halides is 3. The van der Waals surface area contributed by atoms with Crippen LogP contribution < -0.4 is 4.74 Å². The summed E-state index contributed by atoms with van der Waals surface area (Å²) in [4.78, 5) is 22.3. The standard InChI is InChI=1S/C23H24F3N3O2/c1-3-19(31-20-8-7-16(12-28-20)23(24,25)26)18-11-14(2)13-29(18)22(30)17-6-4-5-15-9-10-27-21(15)17/h4-10,12,14,18-19,27H,3,11,13H2,1-2H3. The van der Waals surface area contributed by atoms with Crippen molar-refractivity contribution in [1.29, 1.82) is 0 Å². The number of para-hydroxylation sites is 1. The predicted octanol–water partition coefficient (Wildman–Crippen LogP) is 5.29. The van der Waals surface area contributed by atoms with Gasteiger partial charge in [0.15, 0.2) is 0 Å². The number of nitrogens with one attached hydrogen (secondary N) is 1. The highest BCUT2D eigenvalue weighted by atomic mass is 19.4. The molecule has 1 aliphatic rings. The van der Waals surface area contributed by atoms with Crippen molar-refractivity contribution in [2.75, 3.05) is 6.54 Å². The lowest BCUT2D eigenvalue weighted by molar-refractivity contribution is -0.137. The highest BCUT2D eigenvalue weighted by molar-refractivity contribution is 6.05. The molecule has 2 aromatic heterocycles. The number of fused-ring (bicyclic) bond motifs is 1. The zero-order chi connectivity index (χ0) is 22.2. The second kappa shape index (κ2) is 8.24. The molecule has 3 unspecified atom stereocenters. The number of nitrogens with zero attached hydrogens (tertiary/aromatic N) is 2. The number of aromatic nitrogens is 2. The maximum absolute atomic E-state index is 13.5. The van der Waals surface area contributed by atoms with Crippen LogP contribution in [-0.2, 0) is 6.18 Å². The molecule has 0 spiro atoms. The van der Waals surface area contributed by atoms with Crippen LogP contribution in [0.3, 0.4) is 0 Å². The molecule has 0 bridgehead atoms. The number of carbonyl (C=O) groups excluding carboxylic acids is 1. The average Bonchev–Trinajstić information content (AvgIpc) is 3.37. The van der Waals surface area contributed by atoms with Crippen molar-refractivity contribution in [2.45, 2.75) is 45.0 Å². The predicted molar refractivity (Wildman–Crippen MR) is 111 cm³/mol. The van der Waals surface area contributed by atoms with E-state index in [2.05, 4.69) is 16.9 Å². The highest BCUT2D eigenvalue weighted by Crippen LogP contribution is 2.32. The van der Waals surface area contributed by atoms with E-state index in [0.717, 1.165) is 29.6 Å². The number of hydrogen-bond acceptors (Lipinski definition) is 3. The number of carbonyl (C=O) groups is 1. The Morgan fingerprint density at radius 2 is 2.10 bits per heavy atom. The summed E-state index contributed by atoms with van der Waals surface area (Å²) in [5.74, 6) is 0.332. The molecule has 1 fully saturated rings. The summed E-state index contributed by atoms with van der Waals surface area (Å²) >= 11 is 0. The maximum atomic E-state index is 13.5. The van der Waals surface area contributed by atoms with Crippen LogP contribution in [0.2, 0.25) is 0 Å². The van der Waals surface area contributed by atoms with E-state index in [9.17, 15) is 18.0 Å². The number of ether oxygens (including phenoxy) is 1. The SMILES string of the molecule is CCC(Oc1ccc(C(F)(F)F)cn1)C1CC(C)CN1C(=O)c1cccc2cc[nH]c12. The fraction of sp³-hybridized carbons (Fsp3) is 0.391. The molecule has 1 N–H and O–H groups in total. The lowest BCUT2D eigenvalue weighted by atomic mass is 10.0. The zero-order valence-corrected chi connectivity index (χ0v) is 17.3. The first kappa shape index (κ1) is 21.2. The van der Waals surface area contributed by atoms with Gasteiger partial charge >= 0.3 is 6.18 Å². The molecule has 3 aromatic rings. The van der Waals surface area contributed by atoms with Gasteiger partial charge in [-0.05, 0) is 37.0 Å². The van der Waals surface area contributed by atoms with E-state index < -0.39 is 11.7 Å². The number of benzene rings is 1. The minimum absolute atomic E-state index is 0.0789. The monoisotopic (exact) mass is 431 g/mol. The van der Waals surface area contributed by atoms with Gasteiger partial charge in [-0.15, -0.1) is 0 Å². The molecule has 1 aliphatic heterocycles. The second-order valence-electron chi connectivity index (χ2n) is 8.06. The first-order valence-corrected chi connectivity index (χ1v) is 10.3. The number of likely N-dealkylation sites (tertiary alicyclic amines) is 1. The number of rotatable bonds is 5. The molecule has 164 valence electrons. The van der Waals surface area contributed by atoms with Gasteiger partial charge in [-0.1, -0.05) is 26.0 Å². The number of halogens is 3. The number of H-pyrrole nitrogens is 1. The third-order valence-corrected chi connectivity index (χ3v) is 5.80. The first-order valence-electron chi connectivity index (χ1n) is 10.3. The molecule has 3 heterocycles. The Bertz CT molecular complexity index is 1060. The summed E-state index contributed by atoms with van der Waals surface area (Å²) < 4.78 is 44.4. The van der Waals surface area contributed by atoms with Crippen LogP contribution in [0.1, 0.15) is 42.6 Å². The molecule has 1 aromatic carbocycles. The van der Waals surface area contributed by atoms with Gasteiger partial charge in [-0.2, -0.15) is 13.2 Å². The number of amides is 1. The van der Waals surface area contributed by atoms with E-state index in [1.54, 1.807) is 12.3 Å². The molecular weight excluding hydrogens is 407 g/mol. The summed E-state index contributed by atoms with van der Waals surface area (Å²) in [5, 5.41) is 0.965. The van der Waals surface area contributed by atoms with Crippen molar-refractivity contribution in [3.8, 4) is 5.88 Å². The smallest absolute Gasteiger partial charge is 0.417 e. The van der Waals surface area contributed by atoms with Gasteiger partial charge in [-0.25, -0.2) is 4.98 Å². The van der Waals surface area contributed by atoms with E-state index in [-0.39, 0.29) is 29.9 Å². The van der Waals surface area contributed by atoms with E-state index >= 15 is 0 Å². The minimum Gasteiger partial charge on any atom is -0.472 e. The van der Waals surface area contributed by atoms with Crippen LogP contribution in [0.25, 0.3) is 10.9 Å². The Morgan fingerprint density at radius 3 is 2.77 bits per heavy atom. The fourth-order valence-electron chi connectivity index (χ4n) is 4.30. The molecular formula is C23H24F3N3O2.